The molecule has 14 heteroatoms. The molecule has 1 aliphatic heterocycles. The van der Waals surface area contributed by atoms with E-state index in [1.54, 1.807) is 34.6 Å². The number of rotatable bonds is 5. The second-order valence-electron chi connectivity index (χ2n) is 8.23. The molecule has 0 saturated carbocycles. The zero-order valence-electron chi connectivity index (χ0n) is 19.7. The molecule has 0 spiro atoms. The summed E-state index contributed by atoms with van der Waals surface area (Å²) in [4.78, 5) is 40.5. The molecule has 0 fully saturated rings. The fourth-order valence-corrected chi connectivity index (χ4v) is 3.58. The van der Waals surface area contributed by atoms with Crippen molar-refractivity contribution >= 4 is 11.9 Å². The fourth-order valence-electron chi connectivity index (χ4n) is 3.58. The number of aryl methyl sites for hydroxylation is 1. The van der Waals surface area contributed by atoms with Gasteiger partial charge in [-0.05, 0) is 24.1 Å². The van der Waals surface area contributed by atoms with E-state index in [1.165, 1.54) is 24.4 Å². The van der Waals surface area contributed by atoms with Gasteiger partial charge in [0, 0.05) is 38.9 Å². The molecule has 2 aromatic heterocycles. The number of alkyl halides is 3. The van der Waals surface area contributed by atoms with Crippen molar-refractivity contribution in [3.8, 4) is 0 Å². The van der Waals surface area contributed by atoms with Gasteiger partial charge in [-0.15, -0.1) is 0 Å². The van der Waals surface area contributed by atoms with E-state index < -0.39 is 12.1 Å². The Balaban J connectivity index is 0.000000479. The average molecular weight is 524 g/mol. The summed E-state index contributed by atoms with van der Waals surface area (Å²) in [5.41, 5.74) is 1.86. The van der Waals surface area contributed by atoms with E-state index in [2.05, 4.69) is 20.3 Å². The van der Waals surface area contributed by atoms with E-state index in [0.717, 1.165) is 18.5 Å². The van der Waals surface area contributed by atoms with Crippen LogP contribution in [0.5, 0.6) is 0 Å². The van der Waals surface area contributed by atoms with E-state index in [-0.39, 0.29) is 23.8 Å². The molecular weight excluding hydrogens is 500 g/mol. The second-order valence-corrected chi connectivity index (χ2v) is 8.23. The van der Waals surface area contributed by atoms with Gasteiger partial charge in [0.2, 0.25) is 0 Å². The lowest BCUT2D eigenvalue weighted by molar-refractivity contribution is -0.192. The molecule has 1 aromatic carbocycles. The number of aliphatic carboxylic acids is 1. The molecule has 4 rings (SSSR count). The van der Waals surface area contributed by atoms with Gasteiger partial charge in [-0.3, -0.25) is 23.7 Å². The van der Waals surface area contributed by atoms with Gasteiger partial charge in [-0.2, -0.15) is 18.3 Å². The van der Waals surface area contributed by atoms with Crippen molar-refractivity contribution in [2.24, 2.45) is 7.05 Å². The smallest absolute Gasteiger partial charge is 0.475 e. The number of halogens is 4. The van der Waals surface area contributed by atoms with Gasteiger partial charge in [0.05, 0.1) is 30.5 Å². The molecule has 10 nitrogen and oxygen atoms in total. The predicted octanol–water partition coefficient (Wildman–Crippen LogP) is 2.09. The molecule has 3 aromatic rings. The molecule has 1 aliphatic rings. The average Bonchev–Trinajstić information content (AvgIpc) is 3.15. The van der Waals surface area contributed by atoms with Crippen LogP contribution in [0.15, 0.2) is 47.5 Å². The van der Waals surface area contributed by atoms with Crippen LogP contribution in [0.2, 0.25) is 0 Å². The number of aromatic nitrogens is 4. The first kappa shape index (κ1) is 27.5. The molecule has 2 N–H and O–H groups in total. The molecule has 0 radical (unpaired) electrons. The third-order valence-corrected chi connectivity index (χ3v) is 5.32. The molecule has 0 aliphatic carbocycles. The lowest BCUT2D eigenvalue weighted by Gasteiger charge is -2.20. The van der Waals surface area contributed by atoms with Gasteiger partial charge in [-0.1, -0.05) is 12.1 Å². The maximum absolute atomic E-state index is 13.2. The summed E-state index contributed by atoms with van der Waals surface area (Å²) in [5, 5.41) is 13.9. The first-order valence-corrected chi connectivity index (χ1v) is 11.1. The molecule has 0 saturated heterocycles. The molecule has 198 valence electrons. The zero-order chi connectivity index (χ0) is 27.2. The van der Waals surface area contributed by atoms with Gasteiger partial charge in [0.15, 0.2) is 0 Å². The Bertz CT molecular complexity index is 1300. The number of nitrogens with one attached hydrogen (secondary N) is 1. The highest BCUT2D eigenvalue weighted by Gasteiger charge is 2.38. The van der Waals surface area contributed by atoms with Gasteiger partial charge < -0.3 is 10.4 Å². The van der Waals surface area contributed by atoms with Crippen LogP contribution < -0.4 is 10.9 Å². The summed E-state index contributed by atoms with van der Waals surface area (Å²) in [5.74, 6) is -2.61. The molecule has 0 bridgehead atoms. The summed E-state index contributed by atoms with van der Waals surface area (Å²) in [7, 11) is 1.74. The first-order chi connectivity index (χ1) is 17.4. The van der Waals surface area contributed by atoms with Crippen LogP contribution in [0.25, 0.3) is 0 Å². The summed E-state index contributed by atoms with van der Waals surface area (Å²) >= 11 is 0. The van der Waals surface area contributed by atoms with E-state index in [9.17, 15) is 27.2 Å². The van der Waals surface area contributed by atoms with Crippen molar-refractivity contribution in [3.05, 3.63) is 81.5 Å². The third kappa shape index (κ3) is 7.96. The Hall–Kier alpha value is -4.07. The third-order valence-electron chi connectivity index (χ3n) is 5.32. The van der Waals surface area contributed by atoms with Crippen LogP contribution in [-0.2, 0) is 38.0 Å². The van der Waals surface area contributed by atoms with Gasteiger partial charge in [-0.25, -0.2) is 14.2 Å². The maximum Gasteiger partial charge on any atom is 0.490 e. The molecule has 3 heterocycles. The summed E-state index contributed by atoms with van der Waals surface area (Å²) in [6, 6.07) is 7.92. The van der Waals surface area contributed by atoms with Gasteiger partial charge >= 0.3 is 12.1 Å². The number of carboxylic acids is 1. The predicted molar refractivity (Wildman–Crippen MR) is 122 cm³/mol. The lowest BCUT2D eigenvalue weighted by atomic mass is 10.2. The largest absolute Gasteiger partial charge is 0.490 e. The number of benzene rings is 1. The molecule has 37 heavy (non-hydrogen) atoms. The monoisotopic (exact) mass is 524 g/mol. The number of hydrogen-bond donors (Lipinski definition) is 2. The fraction of sp³-hybridized carbons (Fsp3) is 0.348. The number of hydrogen-bond acceptors (Lipinski definition) is 6. The SMILES string of the molecule is Cn1cc(C(=O)NCc2cc(=O)n3c(n2)CN(Cc2ccc(F)cc2)CCC3)cn1.O=C(O)C(F)(F)F. The number of carbonyl (C=O) groups excluding carboxylic acids is 1. The van der Waals surface area contributed by atoms with Crippen molar-refractivity contribution in [1.29, 1.82) is 0 Å². The van der Waals surface area contributed by atoms with Crippen molar-refractivity contribution in [2.45, 2.75) is 38.8 Å². The summed E-state index contributed by atoms with van der Waals surface area (Å²) in [6.45, 7) is 2.74. The normalized spacial score (nSPS) is 13.6. The molecule has 1 amide bonds. The Labute approximate surface area is 208 Å². The number of nitrogens with zero attached hydrogens (tertiary/aromatic N) is 5. The topological polar surface area (TPSA) is 122 Å². The highest BCUT2D eigenvalue weighted by atomic mass is 19.4. The number of fused-ring (bicyclic) bond motifs is 1. The van der Waals surface area contributed by atoms with Gasteiger partial charge in [0.1, 0.15) is 11.6 Å². The second kappa shape index (κ2) is 11.8. The van der Waals surface area contributed by atoms with E-state index in [4.69, 9.17) is 9.90 Å². The Morgan fingerprint density at radius 2 is 1.84 bits per heavy atom. The Kier molecular flexibility index (Phi) is 8.76. The minimum absolute atomic E-state index is 0.116. The summed E-state index contributed by atoms with van der Waals surface area (Å²) in [6.07, 6.45) is -1.14. The number of amides is 1. The van der Waals surface area contributed by atoms with Crippen LogP contribution in [0, 0.1) is 5.82 Å². The van der Waals surface area contributed by atoms with Gasteiger partial charge in [0.25, 0.3) is 11.5 Å². The number of carbonyl (C=O) groups is 2. The maximum atomic E-state index is 13.2. The van der Waals surface area contributed by atoms with Crippen molar-refractivity contribution in [1.82, 2.24) is 29.5 Å². The van der Waals surface area contributed by atoms with Crippen LogP contribution in [0.3, 0.4) is 0 Å². The highest BCUT2D eigenvalue weighted by Crippen LogP contribution is 2.14. The Morgan fingerprint density at radius 3 is 2.43 bits per heavy atom. The molecule has 0 unspecified atom stereocenters. The van der Waals surface area contributed by atoms with Crippen LogP contribution >= 0.6 is 0 Å². The summed E-state index contributed by atoms with van der Waals surface area (Å²) < 4.78 is 48.1. The van der Waals surface area contributed by atoms with Crippen molar-refractivity contribution in [2.75, 3.05) is 6.54 Å². The molecule has 0 atom stereocenters. The van der Waals surface area contributed by atoms with Crippen LogP contribution in [0.4, 0.5) is 17.6 Å². The minimum atomic E-state index is -5.08. The van der Waals surface area contributed by atoms with E-state index in [0.29, 0.717) is 36.7 Å². The Morgan fingerprint density at radius 1 is 1.16 bits per heavy atom. The van der Waals surface area contributed by atoms with Crippen LogP contribution in [0.1, 0.15) is 33.9 Å². The first-order valence-electron chi connectivity index (χ1n) is 11.1. The van der Waals surface area contributed by atoms with E-state index in [1.807, 2.05) is 0 Å². The standard InChI is InChI=1S/C21H23FN6O2.C2HF3O2/c1-26-13-16(10-24-26)21(30)23-11-18-9-20(29)28-8-2-7-27(14-19(28)25-18)12-15-3-5-17(22)6-4-15;3-2(4,5)1(6)7/h3-6,9-10,13H,2,7-8,11-12,14H2,1H3,(H,23,30);(H,6,7). The minimum Gasteiger partial charge on any atom is -0.475 e. The van der Waals surface area contributed by atoms with E-state index >= 15 is 0 Å². The zero-order valence-corrected chi connectivity index (χ0v) is 19.7. The van der Waals surface area contributed by atoms with Crippen LogP contribution in [-0.4, -0.2) is 53.9 Å². The lowest BCUT2D eigenvalue weighted by Crippen LogP contribution is -2.29. The van der Waals surface area contributed by atoms with Crippen molar-refractivity contribution < 1.29 is 32.3 Å². The number of carboxylic acid groups (broad SMARTS) is 1. The highest BCUT2D eigenvalue weighted by molar-refractivity contribution is 5.93. The quantitative estimate of drug-likeness (QED) is 0.490. The van der Waals surface area contributed by atoms with Crippen molar-refractivity contribution in [3.63, 3.8) is 0 Å². The molecular formula is C23H24F4N6O4.